The van der Waals surface area contributed by atoms with E-state index in [1.165, 1.54) is 37.5 Å². The van der Waals surface area contributed by atoms with E-state index in [4.69, 9.17) is 16.7 Å². The number of amides is 3. The minimum atomic E-state index is -0.198. The van der Waals surface area contributed by atoms with Gasteiger partial charge in [-0.05, 0) is 74.3 Å². The first kappa shape index (κ1) is 25.2. The molecule has 0 saturated heterocycles. The number of thiazole rings is 1. The first-order chi connectivity index (χ1) is 19.4. The third-order valence-electron chi connectivity index (χ3n) is 8.21. The Morgan fingerprint density at radius 3 is 2.75 bits per heavy atom. The molecule has 2 saturated carbocycles. The van der Waals surface area contributed by atoms with Crippen molar-refractivity contribution >= 4 is 45.7 Å². The molecule has 2 fully saturated rings. The number of urea groups is 1. The Balaban J connectivity index is 1.23. The summed E-state index contributed by atoms with van der Waals surface area (Å²) in [6, 6.07) is 9.43. The van der Waals surface area contributed by atoms with Crippen molar-refractivity contribution in [3.63, 3.8) is 0 Å². The second-order valence-electron chi connectivity index (χ2n) is 10.9. The largest absolute Gasteiger partial charge is 0.335 e. The summed E-state index contributed by atoms with van der Waals surface area (Å²) in [6.07, 6.45) is 9.84. The van der Waals surface area contributed by atoms with Crippen LogP contribution in [0.15, 0.2) is 42.7 Å². The number of nitrogens with zero attached hydrogens (tertiary/aromatic N) is 4. The van der Waals surface area contributed by atoms with Crippen LogP contribution >= 0.6 is 22.9 Å². The maximum atomic E-state index is 12.8. The van der Waals surface area contributed by atoms with Gasteiger partial charge in [0.1, 0.15) is 0 Å². The zero-order valence-electron chi connectivity index (χ0n) is 21.9. The van der Waals surface area contributed by atoms with Crippen molar-refractivity contribution in [2.45, 2.75) is 51.5 Å². The van der Waals surface area contributed by atoms with Crippen LogP contribution in [0.4, 0.5) is 15.6 Å². The second-order valence-corrected chi connectivity index (χ2v) is 12.3. The number of nitrogens with one attached hydrogen (secondary N) is 3. The fraction of sp³-hybridized carbons (Fsp3) is 0.345. The van der Waals surface area contributed by atoms with Crippen molar-refractivity contribution in [2.24, 2.45) is 11.8 Å². The van der Waals surface area contributed by atoms with Gasteiger partial charge >= 0.3 is 6.03 Å². The van der Waals surface area contributed by atoms with Crippen LogP contribution in [0.5, 0.6) is 0 Å². The van der Waals surface area contributed by atoms with Crippen LogP contribution in [0.2, 0.25) is 5.02 Å². The number of hydrogen-bond acceptors (Lipinski definition) is 6. The monoisotopic (exact) mass is 573 g/mol. The predicted molar refractivity (Wildman–Crippen MR) is 156 cm³/mol. The number of pyridine rings is 1. The van der Waals surface area contributed by atoms with Crippen molar-refractivity contribution in [3.8, 4) is 27.5 Å². The molecule has 0 aliphatic heterocycles. The summed E-state index contributed by atoms with van der Waals surface area (Å²) in [4.78, 5) is 34.4. The lowest BCUT2D eigenvalue weighted by atomic mass is 9.95. The highest BCUT2D eigenvalue weighted by atomic mass is 35.5. The highest BCUT2D eigenvalue weighted by Crippen LogP contribution is 2.46. The molecule has 9 nitrogen and oxygen atoms in total. The molecule has 11 heteroatoms. The SMILES string of the molecule is CC(=O)Nc1nc2c(s1)-c1c(c(-c3cccnc3)nn1-c1ccc(NC(=O)N[C@@H]3C[C@@H]4CC[C@H]3C4)cc1Cl)CC2. The van der Waals surface area contributed by atoms with Gasteiger partial charge < -0.3 is 16.0 Å². The number of rotatable bonds is 5. The molecular formula is C29H28ClN7O2S. The average Bonchev–Trinajstić information content (AvgIpc) is 3.71. The first-order valence-electron chi connectivity index (χ1n) is 13.6. The quantitative estimate of drug-likeness (QED) is 0.268. The van der Waals surface area contributed by atoms with Crippen LogP contribution in [-0.4, -0.2) is 37.7 Å². The lowest BCUT2D eigenvalue weighted by Gasteiger charge is -2.23. The van der Waals surface area contributed by atoms with Crippen molar-refractivity contribution < 1.29 is 9.59 Å². The standard InChI is InChI=1S/C29H28ClN7O2S/c1-15(38)32-29-35-22-8-7-20-25(18-3-2-10-31-14-18)36-37(26(20)27(22)40-29)24-9-6-19(13-21(24)30)33-28(39)34-23-12-16-4-5-17(23)11-16/h2-3,6,9-10,13-14,16-17,23H,4-5,7-8,11-12H2,1H3,(H,32,35,38)(H2,33,34,39)/t16-,17+,23-/m1/s1. The highest BCUT2D eigenvalue weighted by molar-refractivity contribution is 7.19. The van der Waals surface area contributed by atoms with Gasteiger partial charge in [-0.1, -0.05) is 29.4 Å². The number of hydrogen-bond donors (Lipinski definition) is 3. The van der Waals surface area contributed by atoms with Crippen molar-refractivity contribution in [1.82, 2.24) is 25.1 Å². The van der Waals surface area contributed by atoms with E-state index in [0.717, 1.165) is 58.3 Å². The molecule has 3 atom stereocenters. The molecule has 0 unspecified atom stereocenters. The number of aryl methyl sites for hydroxylation is 1. The molecule has 7 rings (SSSR count). The van der Waals surface area contributed by atoms with Crippen LogP contribution in [0, 0.1) is 11.8 Å². The zero-order chi connectivity index (χ0) is 27.4. The fourth-order valence-corrected chi connectivity index (χ4v) is 7.87. The van der Waals surface area contributed by atoms with Gasteiger partial charge in [0.05, 0.1) is 32.7 Å². The van der Waals surface area contributed by atoms with E-state index >= 15 is 0 Å². The molecule has 0 radical (unpaired) electrons. The van der Waals surface area contributed by atoms with Gasteiger partial charge in [-0.25, -0.2) is 14.5 Å². The van der Waals surface area contributed by atoms with Gasteiger partial charge in [-0.2, -0.15) is 5.10 Å². The molecule has 3 N–H and O–H groups in total. The summed E-state index contributed by atoms with van der Waals surface area (Å²) in [7, 11) is 0. The Kier molecular flexibility index (Phi) is 6.31. The Bertz CT molecular complexity index is 1630. The molecule has 3 amide bonds. The maximum Gasteiger partial charge on any atom is 0.319 e. The smallest absolute Gasteiger partial charge is 0.319 e. The van der Waals surface area contributed by atoms with Crippen molar-refractivity contribution in [3.05, 3.63) is 59.0 Å². The Morgan fingerprint density at radius 2 is 2.02 bits per heavy atom. The summed E-state index contributed by atoms with van der Waals surface area (Å²) in [5, 5.41) is 15.0. The molecule has 40 heavy (non-hydrogen) atoms. The lowest BCUT2D eigenvalue weighted by molar-refractivity contribution is -0.114. The second kappa shape index (κ2) is 10.0. The fourth-order valence-electron chi connectivity index (χ4n) is 6.50. The van der Waals surface area contributed by atoms with E-state index < -0.39 is 0 Å². The number of benzene rings is 1. The molecule has 3 aromatic heterocycles. The molecule has 2 bridgehead atoms. The zero-order valence-corrected chi connectivity index (χ0v) is 23.5. The minimum Gasteiger partial charge on any atom is -0.335 e. The topological polar surface area (TPSA) is 114 Å². The van der Waals surface area contributed by atoms with Crippen LogP contribution in [-0.2, 0) is 17.6 Å². The molecule has 3 aliphatic rings. The Morgan fingerprint density at radius 1 is 1.12 bits per heavy atom. The normalized spacial score (nSPS) is 20.6. The third-order valence-corrected chi connectivity index (χ3v) is 9.54. The van der Waals surface area contributed by atoms with E-state index in [-0.39, 0.29) is 18.0 Å². The Labute approximate surface area is 240 Å². The Hall–Kier alpha value is -3.76. The molecule has 1 aromatic carbocycles. The van der Waals surface area contributed by atoms with Gasteiger partial charge in [0.25, 0.3) is 0 Å². The molecule has 3 aliphatic carbocycles. The summed E-state index contributed by atoms with van der Waals surface area (Å²) >= 11 is 8.29. The van der Waals surface area contributed by atoms with E-state index in [2.05, 4.69) is 25.9 Å². The van der Waals surface area contributed by atoms with Gasteiger partial charge in [0.2, 0.25) is 5.91 Å². The summed E-state index contributed by atoms with van der Waals surface area (Å²) in [6.45, 7) is 1.48. The van der Waals surface area contributed by atoms with E-state index in [1.54, 1.807) is 18.5 Å². The average molecular weight is 574 g/mol. The van der Waals surface area contributed by atoms with Crippen LogP contribution < -0.4 is 16.0 Å². The number of carbonyl (C=O) groups is 2. The predicted octanol–water partition coefficient (Wildman–Crippen LogP) is 6.08. The third kappa shape index (κ3) is 4.54. The van der Waals surface area contributed by atoms with Gasteiger partial charge in [-0.3, -0.25) is 9.78 Å². The summed E-state index contributed by atoms with van der Waals surface area (Å²) in [5.41, 5.74) is 5.98. The number of carbonyl (C=O) groups excluding carboxylic acids is 2. The number of fused-ring (bicyclic) bond motifs is 5. The van der Waals surface area contributed by atoms with Crippen LogP contribution in [0.3, 0.4) is 0 Å². The van der Waals surface area contributed by atoms with Gasteiger partial charge in [0, 0.05) is 42.2 Å². The molecule has 3 heterocycles. The molecule has 4 aromatic rings. The molecule has 204 valence electrons. The number of anilines is 2. The highest BCUT2D eigenvalue weighted by Gasteiger charge is 2.40. The minimum absolute atomic E-state index is 0.161. The van der Waals surface area contributed by atoms with E-state index in [1.807, 2.05) is 28.9 Å². The van der Waals surface area contributed by atoms with Crippen LogP contribution in [0.1, 0.15) is 43.9 Å². The van der Waals surface area contributed by atoms with Crippen LogP contribution in [0.25, 0.3) is 27.5 Å². The van der Waals surface area contributed by atoms with Gasteiger partial charge in [-0.15, -0.1) is 0 Å². The number of aromatic nitrogens is 4. The van der Waals surface area contributed by atoms with Gasteiger partial charge in [0.15, 0.2) is 5.13 Å². The molecule has 0 spiro atoms. The van der Waals surface area contributed by atoms with Crippen molar-refractivity contribution in [2.75, 3.05) is 10.6 Å². The van der Waals surface area contributed by atoms with Crippen molar-refractivity contribution in [1.29, 1.82) is 0 Å². The summed E-state index contributed by atoms with van der Waals surface area (Å²) < 4.78 is 1.85. The van der Waals surface area contributed by atoms with E-state index in [0.29, 0.717) is 27.4 Å². The summed E-state index contributed by atoms with van der Waals surface area (Å²) in [5.74, 6) is 1.20. The number of halogens is 1. The first-order valence-corrected chi connectivity index (χ1v) is 14.8. The molecular weight excluding hydrogens is 546 g/mol. The van der Waals surface area contributed by atoms with E-state index in [9.17, 15) is 9.59 Å². The maximum absolute atomic E-state index is 12.8. The lowest BCUT2D eigenvalue weighted by Crippen LogP contribution is -2.40.